The molecule has 6 aromatic carbocycles. The zero-order valence-electron chi connectivity index (χ0n) is 21.3. The Balaban J connectivity index is 1.53. The summed E-state index contributed by atoms with van der Waals surface area (Å²) in [5, 5.41) is 5.14. The lowest BCUT2D eigenvalue weighted by Crippen LogP contribution is -1.92. The van der Waals surface area contributed by atoms with Crippen LogP contribution in [0.5, 0.6) is 0 Å². The molecular formula is C38H28. The summed E-state index contributed by atoms with van der Waals surface area (Å²) in [6.07, 6.45) is 9.14. The highest BCUT2D eigenvalue weighted by Crippen LogP contribution is 2.44. The molecule has 0 bridgehead atoms. The Bertz CT molecular complexity index is 1840. The van der Waals surface area contributed by atoms with E-state index in [0.29, 0.717) is 0 Å². The standard InChI is InChI=1S/C38H28/c1-4-13-27(14-5-1)30-19-12-20-31(25-30)32-23-24-35-36(26-32)38(29-17-8-3-9-18-29)34-22-11-10-21-33(34)37(35)28-15-6-2-7-16-28/h2-4,6-26H,1,5H2. The molecule has 0 heterocycles. The van der Waals surface area contributed by atoms with Crippen molar-refractivity contribution in [3.63, 3.8) is 0 Å². The molecule has 6 aromatic rings. The van der Waals surface area contributed by atoms with Gasteiger partial charge in [-0.3, -0.25) is 0 Å². The second kappa shape index (κ2) is 9.65. The van der Waals surface area contributed by atoms with E-state index in [4.69, 9.17) is 0 Å². The topological polar surface area (TPSA) is 0 Å². The molecule has 0 saturated heterocycles. The summed E-state index contributed by atoms with van der Waals surface area (Å²) >= 11 is 0. The maximum absolute atomic E-state index is 2.40. The third-order valence-corrected chi connectivity index (χ3v) is 7.67. The molecule has 0 aromatic heterocycles. The van der Waals surface area contributed by atoms with Crippen molar-refractivity contribution in [1.82, 2.24) is 0 Å². The van der Waals surface area contributed by atoms with Crippen molar-refractivity contribution in [2.45, 2.75) is 12.8 Å². The van der Waals surface area contributed by atoms with Gasteiger partial charge in [0.05, 0.1) is 0 Å². The van der Waals surface area contributed by atoms with Crippen molar-refractivity contribution in [3.8, 4) is 33.4 Å². The normalized spacial score (nSPS) is 13.1. The molecule has 0 nitrogen and oxygen atoms in total. The van der Waals surface area contributed by atoms with E-state index >= 15 is 0 Å². The fourth-order valence-electron chi connectivity index (χ4n) is 5.90. The molecule has 0 heteroatoms. The Kier molecular flexibility index (Phi) is 5.72. The predicted molar refractivity (Wildman–Crippen MR) is 164 cm³/mol. The number of hydrogen-bond acceptors (Lipinski definition) is 0. The van der Waals surface area contributed by atoms with Gasteiger partial charge in [0.1, 0.15) is 0 Å². The summed E-state index contributed by atoms with van der Waals surface area (Å²) in [4.78, 5) is 0. The number of rotatable bonds is 4. The first kappa shape index (κ1) is 22.5. The minimum atomic E-state index is 1.11. The van der Waals surface area contributed by atoms with Crippen LogP contribution in [0.4, 0.5) is 0 Å². The summed E-state index contributed by atoms with van der Waals surface area (Å²) in [5.41, 5.74) is 10.2. The summed E-state index contributed by atoms with van der Waals surface area (Å²) < 4.78 is 0. The molecule has 0 unspecified atom stereocenters. The van der Waals surface area contributed by atoms with Gasteiger partial charge in [0.2, 0.25) is 0 Å². The minimum Gasteiger partial charge on any atom is -0.0836 e. The zero-order valence-corrected chi connectivity index (χ0v) is 21.3. The Morgan fingerprint density at radius 2 is 0.921 bits per heavy atom. The Morgan fingerprint density at radius 3 is 1.58 bits per heavy atom. The highest BCUT2D eigenvalue weighted by Gasteiger charge is 2.17. The molecular weight excluding hydrogens is 456 g/mol. The van der Waals surface area contributed by atoms with Crippen molar-refractivity contribution < 1.29 is 0 Å². The fourth-order valence-corrected chi connectivity index (χ4v) is 5.90. The van der Waals surface area contributed by atoms with Gasteiger partial charge in [-0.05, 0) is 91.0 Å². The third kappa shape index (κ3) is 3.96. The molecule has 1 aliphatic carbocycles. The van der Waals surface area contributed by atoms with Crippen LogP contribution >= 0.6 is 0 Å². The number of fused-ring (bicyclic) bond motifs is 2. The van der Waals surface area contributed by atoms with E-state index in [1.165, 1.54) is 66.1 Å². The molecule has 7 rings (SSSR count). The van der Waals surface area contributed by atoms with Crippen LogP contribution in [0, 0.1) is 0 Å². The Hall–Kier alpha value is -4.68. The van der Waals surface area contributed by atoms with E-state index < -0.39 is 0 Å². The van der Waals surface area contributed by atoms with Gasteiger partial charge in [0.25, 0.3) is 0 Å². The van der Waals surface area contributed by atoms with E-state index in [-0.39, 0.29) is 0 Å². The fraction of sp³-hybridized carbons (Fsp3) is 0.0526. The minimum absolute atomic E-state index is 1.11. The van der Waals surface area contributed by atoms with E-state index in [2.05, 4.69) is 146 Å². The van der Waals surface area contributed by atoms with Crippen LogP contribution in [0.15, 0.2) is 146 Å². The lowest BCUT2D eigenvalue weighted by atomic mass is 9.84. The number of benzene rings is 6. The van der Waals surface area contributed by atoms with Crippen LogP contribution in [0.2, 0.25) is 0 Å². The van der Waals surface area contributed by atoms with Crippen molar-refractivity contribution >= 4 is 27.1 Å². The van der Waals surface area contributed by atoms with Crippen LogP contribution < -0.4 is 0 Å². The maximum atomic E-state index is 2.40. The van der Waals surface area contributed by atoms with Gasteiger partial charge in [-0.1, -0.05) is 133 Å². The molecule has 0 spiro atoms. The lowest BCUT2D eigenvalue weighted by molar-refractivity contribution is 1.04. The van der Waals surface area contributed by atoms with Crippen molar-refractivity contribution in [2.75, 3.05) is 0 Å². The van der Waals surface area contributed by atoms with Gasteiger partial charge in [-0.25, -0.2) is 0 Å². The second-order valence-corrected chi connectivity index (χ2v) is 10.0. The smallest absolute Gasteiger partial charge is 0.00262 e. The highest BCUT2D eigenvalue weighted by atomic mass is 14.2. The molecule has 0 atom stereocenters. The first-order valence-electron chi connectivity index (χ1n) is 13.4. The van der Waals surface area contributed by atoms with Crippen LogP contribution in [-0.4, -0.2) is 0 Å². The summed E-state index contributed by atoms with van der Waals surface area (Å²) in [5.74, 6) is 0. The first-order chi connectivity index (χ1) is 18.9. The van der Waals surface area contributed by atoms with Crippen molar-refractivity contribution in [1.29, 1.82) is 0 Å². The third-order valence-electron chi connectivity index (χ3n) is 7.67. The van der Waals surface area contributed by atoms with E-state index in [1.54, 1.807) is 0 Å². The molecule has 0 amide bonds. The summed E-state index contributed by atoms with van der Waals surface area (Å²) in [7, 11) is 0. The van der Waals surface area contributed by atoms with Crippen molar-refractivity contribution in [3.05, 3.63) is 151 Å². The van der Waals surface area contributed by atoms with Gasteiger partial charge in [0, 0.05) is 0 Å². The quantitative estimate of drug-likeness (QED) is 0.218. The van der Waals surface area contributed by atoms with Crippen LogP contribution in [0.1, 0.15) is 18.4 Å². The van der Waals surface area contributed by atoms with Crippen LogP contribution in [0.25, 0.3) is 60.5 Å². The molecule has 0 saturated carbocycles. The second-order valence-electron chi connectivity index (χ2n) is 10.0. The Morgan fingerprint density at radius 1 is 0.368 bits per heavy atom. The largest absolute Gasteiger partial charge is 0.0836 e. The molecule has 0 N–H and O–H groups in total. The van der Waals surface area contributed by atoms with Gasteiger partial charge in [-0.2, -0.15) is 0 Å². The highest BCUT2D eigenvalue weighted by molar-refractivity contribution is 6.21. The number of hydrogen-bond donors (Lipinski definition) is 0. The van der Waals surface area contributed by atoms with Crippen molar-refractivity contribution in [2.24, 2.45) is 0 Å². The Labute approximate surface area is 224 Å². The van der Waals surface area contributed by atoms with Gasteiger partial charge in [0.15, 0.2) is 0 Å². The molecule has 0 aliphatic heterocycles. The maximum Gasteiger partial charge on any atom is -0.00262 e. The average Bonchev–Trinajstić information content (AvgIpc) is 3.01. The monoisotopic (exact) mass is 484 g/mol. The molecule has 180 valence electrons. The molecule has 0 fully saturated rings. The van der Waals surface area contributed by atoms with Gasteiger partial charge < -0.3 is 0 Å². The predicted octanol–water partition coefficient (Wildman–Crippen LogP) is 10.7. The van der Waals surface area contributed by atoms with Gasteiger partial charge in [-0.15, -0.1) is 0 Å². The number of allylic oxidation sites excluding steroid dienone is 4. The van der Waals surface area contributed by atoms with E-state index in [9.17, 15) is 0 Å². The van der Waals surface area contributed by atoms with Crippen LogP contribution in [-0.2, 0) is 0 Å². The first-order valence-corrected chi connectivity index (χ1v) is 13.4. The molecule has 0 radical (unpaired) electrons. The van der Waals surface area contributed by atoms with Crippen LogP contribution in [0.3, 0.4) is 0 Å². The molecule has 38 heavy (non-hydrogen) atoms. The van der Waals surface area contributed by atoms with Gasteiger partial charge >= 0.3 is 0 Å². The van der Waals surface area contributed by atoms with E-state index in [1.807, 2.05) is 0 Å². The zero-order chi connectivity index (χ0) is 25.3. The van der Waals surface area contributed by atoms with E-state index in [0.717, 1.165) is 12.8 Å². The summed E-state index contributed by atoms with van der Waals surface area (Å²) in [6, 6.07) is 46.5. The molecule has 1 aliphatic rings. The SMILES string of the molecule is C1=CC(c2cccc(-c3ccc4c(-c5ccccc5)c5ccccc5c(-c5ccccc5)c4c3)c2)=CCC1. The average molecular weight is 485 g/mol. The summed E-state index contributed by atoms with van der Waals surface area (Å²) in [6.45, 7) is 0. The lowest BCUT2D eigenvalue weighted by Gasteiger charge is -2.19.